The van der Waals surface area contributed by atoms with E-state index < -0.39 is 0 Å². The molecule has 0 atom stereocenters. The Bertz CT molecular complexity index is 586. The molecule has 5 heteroatoms. The number of hydrogen-bond acceptors (Lipinski definition) is 2. The standard InChI is InChI=1S/C12H14FN3S/c1-3-5-11-14-15-12(17)16(11)10-7-4-6-9(13)8(10)2/h4,6-7H,3,5H2,1-2H3,(H,15,17). The molecule has 0 saturated heterocycles. The third-order valence-corrected chi connectivity index (χ3v) is 2.97. The lowest BCUT2D eigenvalue weighted by Crippen LogP contribution is -2.04. The number of rotatable bonds is 3. The molecule has 0 aliphatic carbocycles. The fraction of sp³-hybridized carbons (Fsp3) is 0.333. The quantitative estimate of drug-likeness (QED) is 0.849. The third kappa shape index (κ3) is 2.15. The maximum absolute atomic E-state index is 13.5. The first-order valence-corrected chi connectivity index (χ1v) is 5.97. The Kier molecular flexibility index (Phi) is 3.38. The zero-order valence-electron chi connectivity index (χ0n) is 9.83. The number of H-pyrrole nitrogens is 1. The van der Waals surface area contributed by atoms with Crippen LogP contribution in [0.1, 0.15) is 24.7 Å². The Morgan fingerprint density at radius 1 is 1.47 bits per heavy atom. The van der Waals surface area contributed by atoms with Gasteiger partial charge in [-0.15, -0.1) is 0 Å². The van der Waals surface area contributed by atoms with Gasteiger partial charge in [-0.3, -0.25) is 9.67 Å². The maximum Gasteiger partial charge on any atom is 0.199 e. The van der Waals surface area contributed by atoms with Crippen molar-refractivity contribution in [3.8, 4) is 5.69 Å². The summed E-state index contributed by atoms with van der Waals surface area (Å²) in [6.45, 7) is 3.82. The van der Waals surface area contributed by atoms with Crippen LogP contribution in [0.15, 0.2) is 18.2 Å². The van der Waals surface area contributed by atoms with E-state index in [-0.39, 0.29) is 5.82 Å². The molecule has 0 bridgehead atoms. The highest BCUT2D eigenvalue weighted by Gasteiger charge is 2.11. The smallest absolute Gasteiger partial charge is 0.199 e. The van der Waals surface area contributed by atoms with Gasteiger partial charge in [-0.25, -0.2) is 4.39 Å². The van der Waals surface area contributed by atoms with E-state index in [1.807, 2.05) is 6.07 Å². The predicted molar refractivity (Wildman–Crippen MR) is 67.4 cm³/mol. The van der Waals surface area contributed by atoms with Crippen LogP contribution < -0.4 is 0 Å². The van der Waals surface area contributed by atoms with Crippen LogP contribution in [0.25, 0.3) is 5.69 Å². The van der Waals surface area contributed by atoms with Gasteiger partial charge in [-0.2, -0.15) is 5.10 Å². The molecule has 0 saturated carbocycles. The molecular formula is C12H14FN3S. The molecule has 3 nitrogen and oxygen atoms in total. The molecule has 0 unspecified atom stereocenters. The molecule has 17 heavy (non-hydrogen) atoms. The number of aromatic nitrogens is 3. The first-order chi connectivity index (χ1) is 8.15. The van der Waals surface area contributed by atoms with E-state index in [0.29, 0.717) is 10.3 Å². The summed E-state index contributed by atoms with van der Waals surface area (Å²) in [5.41, 5.74) is 1.34. The summed E-state index contributed by atoms with van der Waals surface area (Å²) in [7, 11) is 0. The minimum absolute atomic E-state index is 0.229. The second kappa shape index (κ2) is 4.79. The van der Waals surface area contributed by atoms with Gasteiger partial charge < -0.3 is 0 Å². The molecule has 1 aromatic carbocycles. The van der Waals surface area contributed by atoms with E-state index in [2.05, 4.69) is 17.1 Å². The van der Waals surface area contributed by atoms with Gasteiger partial charge >= 0.3 is 0 Å². The lowest BCUT2D eigenvalue weighted by Gasteiger charge is -2.09. The van der Waals surface area contributed by atoms with Crippen LogP contribution in [-0.4, -0.2) is 14.8 Å². The van der Waals surface area contributed by atoms with Crippen molar-refractivity contribution >= 4 is 12.2 Å². The molecule has 1 aromatic heterocycles. The molecule has 1 heterocycles. The fourth-order valence-corrected chi connectivity index (χ4v) is 2.06. The van der Waals surface area contributed by atoms with Crippen LogP contribution in [0.5, 0.6) is 0 Å². The van der Waals surface area contributed by atoms with E-state index in [9.17, 15) is 4.39 Å². The van der Waals surface area contributed by atoms with Crippen LogP contribution >= 0.6 is 12.2 Å². The summed E-state index contributed by atoms with van der Waals surface area (Å²) in [6, 6.07) is 4.98. The van der Waals surface area contributed by atoms with Gasteiger partial charge in [0.2, 0.25) is 0 Å². The van der Waals surface area contributed by atoms with Crippen molar-refractivity contribution in [1.29, 1.82) is 0 Å². The van der Waals surface area contributed by atoms with Crippen molar-refractivity contribution in [1.82, 2.24) is 14.8 Å². The molecule has 0 aliphatic rings. The predicted octanol–water partition coefficient (Wildman–Crippen LogP) is 3.33. The van der Waals surface area contributed by atoms with E-state index in [1.54, 1.807) is 17.6 Å². The van der Waals surface area contributed by atoms with Crippen molar-refractivity contribution in [2.24, 2.45) is 0 Å². The molecule has 1 N–H and O–H groups in total. The molecule has 0 radical (unpaired) electrons. The molecule has 0 fully saturated rings. The van der Waals surface area contributed by atoms with Crippen LogP contribution in [0.3, 0.4) is 0 Å². The minimum Gasteiger partial charge on any atom is -0.272 e. The topological polar surface area (TPSA) is 33.6 Å². The lowest BCUT2D eigenvalue weighted by molar-refractivity contribution is 0.616. The second-order valence-corrected chi connectivity index (χ2v) is 4.30. The third-order valence-electron chi connectivity index (χ3n) is 2.70. The van der Waals surface area contributed by atoms with Crippen LogP contribution in [0, 0.1) is 17.5 Å². The van der Waals surface area contributed by atoms with Gasteiger partial charge in [0, 0.05) is 12.0 Å². The zero-order chi connectivity index (χ0) is 12.4. The van der Waals surface area contributed by atoms with Gasteiger partial charge in [0.25, 0.3) is 0 Å². The van der Waals surface area contributed by atoms with Crippen molar-refractivity contribution in [3.63, 3.8) is 0 Å². The Labute approximate surface area is 104 Å². The van der Waals surface area contributed by atoms with Gasteiger partial charge in [0.15, 0.2) is 4.77 Å². The molecule has 2 rings (SSSR count). The average molecular weight is 251 g/mol. The molecule has 0 amide bonds. The summed E-state index contributed by atoms with van der Waals surface area (Å²) < 4.78 is 15.8. The highest BCUT2D eigenvalue weighted by Crippen LogP contribution is 2.19. The van der Waals surface area contributed by atoms with Crippen LogP contribution in [0.2, 0.25) is 0 Å². The Hall–Kier alpha value is -1.49. The average Bonchev–Trinajstić information content (AvgIpc) is 2.65. The van der Waals surface area contributed by atoms with Gasteiger partial charge in [0.1, 0.15) is 11.6 Å². The fourth-order valence-electron chi connectivity index (χ4n) is 1.81. The largest absolute Gasteiger partial charge is 0.272 e. The number of aromatic amines is 1. The van der Waals surface area contributed by atoms with Gasteiger partial charge in [-0.1, -0.05) is 13.0 Å². The van der Waals surface area contributed by atoms with Crippen LogP contribution in [-0.2, 0) is 6.42 Å². The molecule has 0 spiro atoms. The maximum atomic E-state index is 13.5. The number of halogens is 1. The summed E-state index contributed by atoms with van der Waals surface area (Å²) in [5, 5.41) is 6.94. The lowest BCUT2D eigenvalue weighted by atomic mass is 10.2. The zero-order valence-corrected chi connectivity index (χ0v) is 10.6. The van der Waals surface area contributed by atoms with E-state index in [0.717, 1.165) is 24.4 Å². The van der Waals surface area contributed by atoms with Crippen LogP contribution in [0.4, 0.5) is 4.39 Å². The van der Waals surface area contributed by atoms with Crippen molar-refractivity contribution in [3.05, 3.63) is 40.2 Å². The number of benzene rings is 1. The SMILES string of the molecule is CCCc1n[nH]c(=S)n1-c1cccc(F)c1C. The highest BCUT2D eigenvalue weighted by atomic mass is 32.1. The molecule has 90 valence electrons. The number of nitrogens with zero attached hydrogens (tertiary/aromatic N) is 2. The van der Waals surface area contributed by atoms with E-state index in [4.69, 9.17) is 12.2 Å². The van der Waals surface area contributed by atoms with E-state index >= 15 is 0 Å². The number of nitrogens with one attached hydrogen (secondary N) is 1. The summed E-state index contributed by atoms with van der Waals surface area (Å²) in [6.07, 6.45) is 1.77. The van der Waals surface area contributed by atoms with Crippen molar-refractivity contribution in [2.45, 2.75) is 26.7 Å². The normalized spacial score (nSPS) is 10.8. The monoisotopic (exact) mass is 251 g/mol. The highest BCUT2D eigenvalue weighted by molar-refractivity contribution is 7.71. The van der Waals surface area contributed by atoms with Gasteiger partial charge in [0.05, 0.1) is 5.69 Å². The Balaban J connectivity index is 2.63. The summed E-state index contributed by atoms with van der Waals surface area (Å²) in [4.78, 5) is 0. The van der Waals surface area contributed by atoms with Crippen molar-refractivity contribution in [2.75, 3.05) is 0 Å². The first kappa shape index (κ1) is 12.0. The summed E-state index contributed by atoms with van der Waals surface area (Å²) in [5.74, 6) is 0.610. The number of aryl methyl sites for hydroxylation is 1. The Morgan fingerprint density at radius 2 is 2.24 bits per heavy atom. The molecule has 2 aromatic rings. The molecular weight excluding hydrogens is 237 g/mol. The minimum atomic E-state index is -0.229. The van der Waals surface area contributed by atoms with Gasteiger partial charge in [-0.05, 0) is 37.7 Å². The first-order valence-electron chi connectivity index (χ1n) is 5.57. The molecule has 0 aliphatic heterocycles. The van der Waals surface area contributed by atoms with E-state index in [1.165, 1.54) is 6.07 Å². The Morgan fingerprint density at radius 3 is 2.94 bits per heavy atom. The number of hydrogen-bond donors (Lipinski definition) is 1. The second-order valence-electron chi connectivity index (χ2n) is 3.91. The summed E-state index contributed by atoms with van der Waals surface area (Å²) >= 11 is 5.19. The van der Waals surface area contributed by atoms with Crippen molar-refractivity contribution < 1.29 is 4.39 Å².